The summed E-state index contributed by atoms with van der Waals surface area (Å²) in [5.74, 6) is 2.58. The van der Waals surface area contributed by atoms with Gasteiger partial charge in [-0.2, -0.15) is 0 Å². The topological polar surface area (TPSA) is 39.7 Å². The molecule has 2 aliphatic rings. The molecule has 0 radical (unpaired) electrons. The van der Waals surface area contributed by atoms with Gasteiger partial charge >= 0.3 is 0 Å². The summed E-state index contributed by atoms with van der Waals surface area (Å²) in [5.41, 5.74) is 4.98. The first kappa shape index (κ1) is 16.2. The van der Waals surface area contributed by atoms with Gasteiger partial charge in [-0.3, -0.25) is 0 Å². The molecule has 0 amide bonds. The monoisotopic (exact) mass is 359 g/mol. The summed E-state index contributed by atoms with van der Waals surface area (Å²) in [6.07, 6.45) is 1.00. The first-order valence-electron chi connectivity index (χ1n) is 9.29. The third kappa shape index (κ3) is 3.24. The number of hydrogen-bond acceptors (Lipinski definition) is 4. The lowest BCUT2D eigenvalue weighted by molar-refractivity contribution is 0.174. The van der Waals surface area contributed by atoms with Gasteiger partial charge in [0.15, 0.2) is 11.5 Å². The van der Waals surface area contributed by atoms with Crippen molar-refractivity contribution in [1.82, 2.24) is 5.32 Å². The molecule has 4 heteroatoms. The van der Waals surface area contributed by atoms with Crippen molar-refractivity contribution >= 4 is 0 Å². The van der Waals surface area contributed by atoms with Gasteiger partial charge in [0.2, 0.25) is 6.79 Å². The van der Waals surface area contributed by atoms with E-state index in [0.29, 0.717) is 13.4 Å². The smallest absolute Gasteiger partial charge is 0.231 e. The van der Waals surface area contributed by atoms with Gasteiger partial charge in [0.1, 0.15) is 12.4 Å². The second-order valence-electron chi connectivity index (χ2n) is 6.88. The number of ether oxygens (including phenoxy) is 3. The lowest BCUT2D eigenvalue weighted by atomic mass is 9.89. The van der Waals surface area contributed by atoms with Gasteiger partial charge in [-0.25, -0.2) is 0 Å². The van der Waals surface area contributed by atoms with Crippen molar-refractivity contribution in [1.29, 1.82) is 0 Å². The van der Waals surface area contributed by atoms with E-state index < -0.39 is 0 Å². The van der Waals surface area contributed by atoms with Crippen molar-refractivity contribution in [2.45, 2.75) is 19.1 Å². The average Bonchev–Trinajstić information content (AvgIpc) is 3.19. The van der Waals surface area contributed by atoms with Crippen molar-refractivity contribution in [2.24, 2.45) is 0 Å². The zero-order valence-electron chi connectivity index (χ0n) is 15.0. The fourth-order valence-corrected chi connectivity index (χ4v) is 3.74. The largest absolute Gasteiger partial charge is 0.489 e. The van der Waals surface area contributed by atoms with E-state index in [1.165, 1.54) is 22.3 Å². The molecular weight excluding hydrogens is 338 g/mol. The molecule has 0 saturated carbocycles. The summed E-state index contributed by atoms with van der Waals surface area (Å²) in [6.45, 7) is 1.83. The van der Waals surface area contributed by atoms with Crippen LogP contribution in [0.25, 0.3) is 0 Å². The van der Waals surface area contributed by atoms with Crippen LogP contribution in [0.4, 0.5) is 0 Å². The molecule has 0 aliphatic carbocycles. The van der Waals surface area contributed by atoms with Gasteiger partial charge in [0.25, 0.3) is 0 Å². The third-order valence-corrected chi connectivity index (χ3v) is 5.15. The molecule has 0 spiro atoms. The van der Waals surface area contributed by atoms with Crippen LogP contribution in [0.5, 0.6) is 17.2 Å². The molecule has 4 nitrogen and oxygen atoms in total. The molecule has 0 bridgehead atoms. The molecule has 0 saturated heterocycles. The Morgan fingerprint density at radius 2 is 1.70 bits per heavy atom. The van der Waals surface area contributed by atoms with E-state index in [4.69, 9.17) is 14.2 Å². The fourth-order valence-electron chi connectivity index (χ4n) is 3.74. The second-order valence-corrected chi connectivity index (χ2v) is 6.88. The summed E-state index contributed by atoms with van der Waals surface area (Å²) in [4.78, 5) is 0. The van der Waals surface area contributed by atoms with Gasteiger partial charge in [-0.1, -0.05) is 42.5 Å². The minimum atomic E-state index is 0.159. The molecule has 2 heterocycles. The summed E-state index contributed by atoms with van der Waals surface area (Å²) >= 11 is 0. The van der Waals surface area contributed by atoms with E-state index in [-0.39, 0.29) is 6.04 Å². The van der Waals surface area contributed by atoms with E-state index in [2.05, 4.69) is 41.7 Å². The van der Waals surface area contributed by atoms with Crippen LogP contribution in [0.3, 0.4) is 0 Å². The molecular formula is C23H21NO3. The molecule has 3 aromatic carbocycles. The summed E-state index contributed by atoms with van der Waals surface area (Å²) in [7, 11) is 0. The highest BCUT2D eigenvalue weighted by molar-refractivity contribution is 5.52. The quantitative estimate of drug-likeness (QED) is 0.757. The van der Waals surface area contributed by atoms with E-state index in [9.17, 15) is 0 Å². The Labute approximate surface area is 158 Å². The van der Waals surface area contributed by atoms with Gasteiger partial charge in [0, 0.05) is 6.54 Å². The Hall–Kier alpha value is -2.98. The minimum Gasteiger partial charge on any atom is -0.489 e. The molecule has 5 rings (SSSR count). The first-order valence-corrected chi connectivity index (χ1v) is 9.29. The van der Waals surface area contributed by atoms with Crippen LogP contribution in [0.15, 0.2) is 66.7 Å². The maximum Gasteiger partial charge on any atom is 0.231 e. The van der Waals surface area contributed by atoms with E-state index in [1.807, 2.05) is 30.3 Å². The maximum absolute atomic E-state index is 5.91. The number of fused-ring (bicyclic) bond motifs is 2. The van der Waals surface area contributed by atoms with Crippen LogP contribution in [-0.2, 0) is 13.0 Å². The summed E-state index contributed by atoms with van der Waals surface area (Å²) in [5, 5.41) is 3.62. The van der Waals surface area contributed by atoms with Crippen molar-refractivity contribution in [3.63, 3.8) is 0 Å². The van der Waals surface area contributed by atoms with Crippen LogP contribution in [0, 0.1) is 0 Å². The van der Waals surface area contributed by atoms with Crippen LogP contribution < -0.4 is 19.5 Å². The summed E-state index contributed by atoms with van der Waals surface area (Å²) in [6, 6.07) is 23.0. The predicted octanol–water partition coefficient (Wildman–Crippen LogP) is 4.23. The Balaban J connectivity index is 1.35. The number of rotatable bonds is 4. The van der Waals surface area contributed by atoms with Crippen molar-refractivity contribution < 1.29 is 14.2 Å². The molecule has 0 aromatic heterocycles. The van der Waals surface area contributed by atoms with Crippen molar-refractivity contribution in [3.8, 4) is 17.2 Å². The lowest BCUT2D eigenvalue weighted by Gasteiger charge is -2.27. The Kier molecular flexibility index (Phi) is 4.18. The SMILES string of the molecule is c1ccc(COc2ccc(C3NCCc4cc5c(cc43)OCO5)cc2)cc1. The molecule has 1 atom stereocenters. The lowest BCUT2D eigenvalue weighted by Crippen LogP contribution is -2.30. The zero-order chi connectivity index (χ0) is 18.1. The third-order valence-electron chi connectivity index (χ3n) is 5.15. The minimum absolute atomic E-state index is 0.159. The molecule has 2 aliphatic heterocycles. The van der Waals surface area contributed by atoms with Gasteiger partial charge in [-0.05, 0) is 52.9 Å². The summed E-state index contributed by atoms with van der Waals surface area (Å²) < 4.78 is 17.0. The normalized spacial score (nSPS) is 17.4. The van der Waals surface area contributed by atoms with Crippen LogP contribution >= 0.6 is 0 Å². The number of benzene rings is 3. The molecule has 0 fully saturated rings. The van der Waals surface area contributed by atoms with E-state index in [0.717, 1.165) is 30.2 Å². The first-order chi connectivity index (χ1) is 13.4. The Morgan fingerprint density at radius 1 is 0.926 bits per heavy atom. The predicted molar refractivity (Wildman–Crippen MR) is 103 cm³/mol. The van der Waals surface area contributed by atoms with Gasteiger partial charge in [0.05, 0.1) is 6.04 Å². The molecule has 136 valence electrons. The molecule has 3 aromatic rings. The van der Waals surface area contributed by atoms with E-state index in [1.54, 1.807) is 0 Å². The maximum atomic E-state index is 5.91. The van der Waals surface area contributed by atoms with Crippen LogP contribution in [-0.4, -0.2) is 13.3 Å². The Morgan fingerprint density at radius 3 is 2.52 bits per heavy atom. The number of hydrogen-bond donors (Lipinski definition) is 1. The van der Waals surface area contributed by atoms with Crippen molar-refractivity contribution in [3.05, 3.63) is 89.0 Å². The fraction of sp³-hybridized carbons (Fsp3) is 0.217. The molecule has 1 unspecified atom stereocenters. The second kappa shape index (κ2) is 6.97. The molecule has 1 N–H and O–H groups in total. The highest BCUT2D eigenvalue weighted by Crippen LogP contribution is 2.40. The van der Waals surface area contributed by atoms with Crippen LogP contribution in [0.2, 0.25) is 0 Å². The Bertz CT molecular complexity index is 938. The molecule has 27 heavy (non-hydrogen) atoms. The highest BCUT2D eigenvalue weighted by Gasteiger charge is 2.25. The van der Waals surface area contributed by atoms with E-state index >= 15 is 0 Å². The highest BCUT2D eigenvalue weighted by atomic mass is 16.7. The van der Waals surface area contributed by atoms with Crippen LogP contribution in [0.1, 0.15) is 28.3 Å². The number of nitrogens with one attached hydrogen (secondary N) is 1. The average molecular weight is 359 g/mol. The zero-order valence-corrected chi connectivity index (χ0v) is 15.0. The van der Waals surface area contributed by atoms with Crippen molar-refractivity contribution in [2.75, 3.05) is 13.3 Å². The standard InChI is InChI=1S/C23H21NO3/c1-2-4-16(5-3-1)14-25-19-8-6-17(7-9-19)23-20-13-22-21(26-15-27-22)12-18(20)10-11-24-23/h1-9,12-13,23-24H,10-11,14-15H2. The van der Waals surface area contributed by atoms with Gasteiger partial charge in [-0.15, -0.1) is 0 Å². The van der Waals surface area contributed by atoms with Gasteiger partial charge < -0.3 is 19.5 Å².